The van der Waals surface area contributed by atoms with E-state index >= 15 is 0 Å². The van der Waals surface area contributed by atoms with Gasteiger partial charge in [-0.2, -0.15) is 0 Å². The summed E-state index contributed by atoms with van der Waals surface area (Å²) in [6.07, 6.45) is 0. The Morgan fingerprint density at radius 1 is 1.00 bits per heavy atom. The fraction of sp³-hybridized carbons (Fsp3) is 0.136. The van der Waals surface area contributed by atoms with Crippen LogP contribution < -0.4 is 14.4 Å². The minimum absolute atomic E-state index is 0.0359. The fourth-order valence-corrected chi connectivity index (χ4v) is 4.15. The van der Waals surface area contributed by atoms with Crippen LogP contribution in [0.3, 0.4) is 0 Å². The Kier molecular flexibility index (Phi) is 6.97. The molecule has 0 fully saturated rings. The molecule has 6 nitrogen and oxygen atoms in total. The zero-order chi connectivity index (χ0) is 21.6. The number of sulfonamides is 1. The zero-order valence-electron chi connectivity index (χ0n) is 16.3. The number of nitrogens with one attached hydrogen (secondary N) is 1. The first-order valence-corrected chi connectivity index (χ1v) is 11.0. The van der Waals surface area contributed by atoms with E-state index in [1.165, 1.54) is 23.5 Å². The van der Waals surface area contributed by atoms with Gasteiger partial charge in [-0.15, -0.1) is 0 Å². The number of carbonyl (C=O) groups excluding carboxylic acids is 1. The third kappa shape index (κ3) is 5.11. The summed E-state index contributed by atoms with van der Waals surface area (Å²) < 4.78 is 32.6. The number of hydrogen-bond donors (Lipinski definition) is 1. The van der Waals surface area contributed by atoms with E-state index in [0.717, 1.165) is 0 Å². The summed E-state index contributed by atoms with van der Waals surface area (Å²) in [4.78, 5) is 12.5. The molecular weight excluding hydrogens is 424 g/mol. The summed E-state index contributed by atoms with van der Waals surface area (Å²) in [5, 5.41) is 3.20. The van der Waals surface area contributed by atoms with Gasteiger partial charge in [0.2, 0.25) is 0 Å². The van der Waals surface area contributed by atoms with Crippen molar-refractivity contribution in [3.05, 3.63) is 89.4 Å². The molecule has 0 unspecified atom stereocenters. The second-order valence-corrected chi connectivity index (χ2v) is 8.75. The largest absolute Gasteiger partial charge is 0.490 e. The highest BCUT2D eigenvalue weighted by Crippen LogP contribution is 2.23. The summed E-state index contributed by atoms with van der Waals surface area (Å²) in [6.45, 7) is 0.467. The van der Waals surface area contributed by atoms with E-state index in [1.54, 1.807) is 60.7 Å². The lowest BCUT2D eigenvalue weighted by Gasteiger charge is -2.19. The molecule has 0 aromatic heterocycles. The molecule has 3 aromatic rings. The summed E-state index contributed by atoms with van der Waals surface area (Å²) in [5.41, 5.74) is 0.777. The molecule has 0 radical (unpaired) electrons. The maximum absolute atomic E-state index is 12.9. The number of ether oxygens (including phenoxy) is 1. The first-order chi connectivity index (χ1) is 14.4. The van der Waals surface area contributed by atoms with E-state index in [4.69, 9.17) is 16.3 Å². The van der Waals surface area contributed by atoms with E-state index in [2.05, 4.69) is 5.32 Å². The Morgan fingerprint density at radius 3 is 2.43 bits per heavy atom. The smallest absolute Gasteiger partial charge is 0.264 e. The van der Waals surface area contributed by atoms with Gasteiger partial charge in [0.25, 0.3) is 15.9 Å². The molecule has 0 saturated heterocycles. The highest BCUT2D eigenvalue weighted by atomic mass is 35.5. The average molecular weight is 445 g/mol. The minimum Gasteiger partial charge on any atom is -0.490 e. The minimum atomic E-state index is -3.80. The predicted octanol–water partition coefficient (Wildman–Crippen LogP) is 3.97. The van der Waals surface area contributed by atoms with Crippen molar-refractivity contribution in [1.82, 2.24) is 5.32 Å². The number of benzene rings is 3. The monoisotopic (exact) mass is 444 g/mol. The number of anilines is 1. The highest BCUT2D eigenvalue weighted by molar-refractivity contribution is 7.92. The summed E-state index contributed by atoms with van der Waals surface area (Å²) in [6, 6.07) is 21.7. The summed E-state index contributed by atoms with van der Waals surface area (Å²) >= 11 is 6.02. The Balaban J connectivity index is 1.64. The molecule has 0 aliphatic rings. The number of rotatable bonds is 8. The number of para-hydroxylation sites is 2. The van der Waals surface area contributed by atoms with Gasteiger partial charge in [-0.1, -0.05) is 48.0 Å². The Bertz CT molecular complexity index is 1120. The third-order valence-electron chi connectivity index (χ3n) is 4.36. The van der Waals surface area contributed by atoms with Gasteiger partial charge in [-0.3, -0.25) is 9.10 Å². The van der Waals surface area contributed by atoms with Crippen LogP contribution in [-0.4, -0.2) is 34.5 Å². The van der Waals surface area contributed by atoms with E-state index < -0.39 is 15.9 Å². The molecule has 0 aliphatic carbocycles. The van der Waals surface area contributed by atoms with Crippen molar-refractivity contribution >= 4 is 33.2 Å². The lowest BCUT2D eigenvalue weighted by Crippen LogP contribution is -2.29. The molecule has 30 heavy (non-hydrogen) atoms. The van der Waals surface area contributed by atoms with Crippen LogP contribution in [0.1, 0.15) is 10.4 Å². The van der Waals surface area contributed by atoms with Crippen molar-refractivity contribution in [2.24, 2.45) is 0 Å². The van der Waals surface area contributed by atoms with Gasteiger partial charge >= 0.3 is 0 Å². The molecule has 0 aliphatic heterocycles. The highest BCUT2D eigenvalue weighted by Gasteiger charge is 2.22. The molecule has 3 rings (SSSR count). The number of halogens is 1. The van der Waals surface area contributed by atoms with E-state index in [9.17, 15) is 13.2 Å². The van der Waals surface area contributed by atoms with Crippen molar-refractivity contribution in [2.75, 3.05) is 24.5 Å². The van der Waals surface area contributed by atoms with Crippen LogP contribution in [0.5, 0.6) is 5.75 Å². The van der Waals surface area contributed by atoms with Crippen molar-refractivity contribution in [3.8, 4) is 5.75 Å². The molecule has 1 amide bonds. The molecule has 0 atom stereocenters. The standard InChI is InChI=1S/C22H21ClN2O4S/c1-25(18-9-3-2-4-10-18)30(27,28)19-11-7-8-17(16-19)22(26)24-14-15-29-21-13-6-5-12-20(21)23/h2-13,16H,14-15H2,1H3,(H,24,26). The number of nitrogens with zero attached hydrogens (tertiary/aromatic N) is 1. The second kappa shape index (κ2) is 9.65. The fourth-order valence-electron chi connectivity index (χ4n) is 2.72. The predicted molar refractivity (Wildman–Crippen MR) is 118 cm³/mol. The van der Waals surface area contributed by atoms with E-state index in [1.807, 2.05) is 6.07 Å². The van der Waals surface area contributed by atoms with Crippen LogP contribution in [0.25, 0.3) is 0 Å². The summed E-state index contributed by atoms with van der Waals surface area (Å²) in [7, 11) is -2.32. The molecule has 156 valence electrons. The molecule has 3 aromatic carbocycles. The quantitative estimate of drug-likeness (QED) is 0.533. The number of carbonyl (C=O) groups is 1. The Hall–Kier alpha value is -3.03. The lowest BCUT2D eigenvalue weighted by molar-refractivity contribution is 0.0947. The van der Waals surface area contributed by atoms with Crippen LogP contribution in [0.15, 0.2) is 83.8 Å². The van der Waals surface area contributed by atoms with Crippen LogP contribution in [0, 0.1) is 0 Å². The van der Waals surface area contributed by atoms with Crippen molar-refractivity contribution in [1.29, 1.82) is 0 Å². The zero-order valence-corrected chi connectivity index (χ0v) is 17.9. The molecule has 8 heteroatoms. The average Bonchev–Trinajstić information content (AvgIpc) is 2.77. The number of hydrogen-bond acceptors (Lipinski definition) is 4. The lowest BCUT2D eigenvalue weighted by atomic mass is 10.2. The van der Waals surface area contributed by atoms with Gasteiger partial charge < -0.3 is 10.1 Å². The van der Waals surface area contributed by atoms with Crippen LogP contribution in [0.4, 0.5) is 5.69 Å². The maximum Gasteiger partial charge on any atom is 0.264 e. The first kappa shape index (κ1) is 21.7. The maximum atomic E-state index is 12.9. The van der Waals surface area contributed by atoms with Crippen LogP contribution in [0.2, 0.25) is 5.02 Å². The topological polar surface area (TPSA) is 75.7 Å². The van der Waals surface area contributed by atoms with E-state index in [0.29, 0.717) is 16.5 Å². The van der Waals surface area contributed by atoms with Gasteiger partial charge in [-0.25, -0.2) is 8.42 Å². The Morgan fingerprint density at radius 2 is 1.70 bits per heavy atom. The summed E-state index contributed by atoms with van der Waals surface area (Å²) in [5.74, 6) is 0.141. The third-order valence-corrected chi connectivity index (χ3v) is 6.45. The SMILES string of the molecule is CN(c1ccccc1)S(=O)(=O)c1cccc(C(=O)NCCOc2ccccc2Cl)c1. The first-order valence-electron chi connectivity index (χ1n) is 9.19. The molecule has 0 spiro atoms. The van der Waals surface area contributed by atoms with Crippen LogP contribution >= 0.6 is 11.6 Å². The molecule has 0 heterocycles. The van der Waals surface area contributed by atoms with Gasteiger partial charge in [0.15, 0.2) is 0 Å². The van der Waals surface area contributed by atoms with Gasteiger partial charge in [-0.05, 0) is 42.5 Å². The molecular formula is C22H21ClN2O4S. The van der Waals surface area contributed by atoms with Gasteiger partial charge in [0.05, 0.1) is 22.2 Å². The molecule has 1 N–H and O–H groups in total. The molecule has 0 bridgehead atoms. The van der Waals surface area contributed by atoms with Gasteiger partial charge in [0.1, 0.15) is 12.4 Å². The Labute approximate surface area is 181 Å². The van der Waals surface area contributed by atoms with Gasteiger partial charge in [0, 0.05) is 12.6 Å². The second-order valence-electron chi connectivity index (χ2n) is 6.37. The van der Waals surface area contributed by atoms with Crippen molar-refractivity contribution < 1.29 is 17.9 Å². The van der Waals surface area contributed by atoms with Crippen molar-refractivity contribution in [3.63, 3.8) is 0 Å². The number of amides is 1. The van der Waals surface area contributed by atoms with Crippen molar-refractivity contribution in [2.45, 2.75) is 4.90 Å². The normalized spacial score (nSPS) is 11.0. The molecule has 0 saturated carbocycles. The van der Waals surface area contributed by atoms with E-state index in [-0.39, 0.29) is 23.6 Å². The van der Waals surface area contributed by atoms with Crippen LogP contribution in [-0.2, 0) is 10.0 Å².